The molecule has 0 unspecified atom stereocenters. The highest BCUT2D eigenvalue weighted by atomic mass is 16.4. The van der Waals surface area contributed by atoms with Gasteiger partial charge in [-0.1, -0.05) is 0 Å². The van der Waals surface area contributed by atoms with E-state index in [-0.39, 0.29) is 5.56 Å². The van der Waals surface area contributed by atoms with Gasteiger partial charge in [0.1, 0.15) is 0 Å². The van der Waals surface area contributed by atoms with Gasteiger partial charge in [0, 0.05) is 26.0 Å². The number of pyridine rings is 1. The monoisotopic (exact) mass is 261 g/mol. The van der Waals surface area contributed by atoms with Crippen LogP contribution in [0.2, 0.25) is 0 Å². The third kappa shape index (κ3) is 2.09. The van der Waals surface area contributed by atoms with Crippen molar-refractivity contribution < 1.29 is 9.90 Å². The number of anilines is 1. The molecule has 0 saturated heterocycles. The van der Waals surface area contributed by atoms with Crippen LogP contribution in [0.5, 0.6) is 0 Å². The van der Waals surface area contributed by atoms with Gasteiger partial charge in [0.2, 0.25) is 0 Å². The molecule has 0 radical (unpaired) electrons. The maximum Gasteiger partial charge on any atom is 0.409 e. The number of nitrogens with one attached hydrogen (secondary N) is 1. The van der Waals surface area contributed by atoms with Gasteiger partial charge in [0.05, 0.1) is 16.6 Å². The summed E-state index contributed by atoms with van der Waals surface area (Å²) in [6.45, 7) is 0.718. The van der Waals surface area contributed by atoms with Gasteiger partial charge in [-0.15, -0.1) is 0 Å². The summed E-state index contributed by atoms with van der Waals surface area (Å²) in [5.41, 5.74) is 0.953. The lowest BCUT2D eigenvalue weighted by Crippen LogP contribution is -2.21. The number of fused-ring (bicyclic) bond motifs is 1. The van der Waals surface area contributed by atoms with Crippen molar-refractivity contribution in [3.8, 4) is 0 Å². The second-order valence-corrected chi connectivity index (χ2v) is 5.06. The van der Waals surface area contributed by atoms with Gasteiger partial charge >= 0.3 is 6.09 Å². The largest absolute Gasteiger partial charge is 0.465 e. The molecule has 0 aliphatic heterocycles. The Morgan fingerprint density at radius 3 is 2.89 bits per heavy atom. The van der Waals surface area contributed by atoms with E-state index in [0.29, 0.717) is 17.0 Å². The molecule has 19 heavy (non-hydrogen) atoms. The van der Waals surface area contributed by atoms with Crippen LogP contribution in [0.1, 0.15) is 12.8 Å². The van der Waals surface area contributed by atoms with Crippen molar-refractivity contribution in [3.63, 3.8) is 0 Å². The van der Waals surface area contributed by atoms with Crippen LogP contribution in [-0.4, -0.2) is 20.3 Å². The van der Waals surface area contributed by atoms with Gasteiger partial charge in [-0.05, 0) is 24.8 Å². The van der Waals surface area contributed by atoms with E-state index < -0.39 is 6.09 Å². The summed E-state index contributed by atoms with van der Waals surface area (Å²) < 4.78 is 3.43. The maximum atomic E-state index is 12.4. The van der Waals surface area contributed by atoms with Crippen LogP contribution in [0.3, 0.4) is 0 Å². The second kappa shape index (κ2) is 4.15. The fourth-order valence-electron chi connectivity index (χ4n) is 2.37. The molecular formula is C13H15N3O3. The van der Waals surface area contributed by atoms with E-state index in [1.54, 1.807) is 28.6 Å². The van der Waals surface area contributed by atoms with E-state index in [4.69, 9.17) is 5.11 Å². The Morgan fingerprint density at radius 1 is 1.53 bits per heavy atom. The number of hydrogen-bond acceptors (Lipinski definition) is 2. The predicted molar refractivity (Wildman–Crippen MR) is 71.6 cm³/mol. The predicted octanol–water partition coefficient (Wildman–Crippen LogP) is 1.84. The number of aryl methyl sites for hydroxylation is 1. The average Bonchev–Trinajstić information content (AvgIpc) is 3.08. The van der Waals surface area contributed by atoms with Gasteiger partial charge in [-0.2, -0.15) is 0 Å². The lowest BCUT2D eigenvalue weighted by atomic mass is 10.2. The van der Waals surface area contributed by atoms with E-state index in [9.17, 15) is 9.59 Å². The first-order chi connectivity index (χ1) is 9.06. The standard InChI is InChI=1S/C13H15N3O3/c1-15-7-9(14-13(18)19)11-10(15)4-5-16(12(11)17)6-8-2-3-8/h4-5,7-8,14H,2-3,6H2,1H3,(H,18,19). The van der Waals surface area contributed by atoms with Crippen LogP contribution in [0.15, 0.2) is 23.3 Å². The lowest BCUT2D eigenvalue weighted by Gasteiger charge is -2.05. The molecule has 0 atom stereocenters. The van der Waals surface area contributed by atoms with Crippen molar-refractivity contribution in [3.05, 3.63) is 28.8 Å². The molecule has 0 aromatic carbocycles. The number of carboxylic acid groups (broad SMARTS) is 1. The number of amides is 1. The van der Waals surface area contributed by atoms with Crippen molar-refractivity contribution >= 4 is 22.7 Å². The molecule has 1 aliphatic carbocycles. The summed E-state index contributed by atoms with van der Waals surface area (Å²) in [6, 6.07) is 1.85. The summed E-state index contributed by atoms with van der Waals surface area (Å²) in [5, 5.41) is 11.5. The summed E-state index contributed by atoms with van der Waals surface area (Å²) >= 11 is 0. The third-order valence-corrected chi connectivity index (χ3v) is 3.51. The van der Waals surface area contributed by atoms with E-state index >= 15 is 0 Å². The average molecular weight is 261 g/mol. The second-order valence-electron chi connectivity index (χ2n) is 5.06. The van der Waals surface area contributed by atoms with Crippen molar-refractivity contribution in [2.45, 2.75) is 19.4 Å². The Balaban J connectivity index is 2.15. The van der Waals surface area contributed by atoms with Crippen LogP contribution >= 0.6 is 0 Å². The first-order valence-corrected chi connectivity index (χ1v) is 6.24. The number of rotatable bonds is 3. The smallest absolute Gasteiger partial charge is 0.409 e. The first-order valence-electron chi connectivity index (χ1n) is 6.24. The minimum Gasteiger partial charge on any atom is -0.465 e. The van der Waals surface area contributed by atoms with E-state index in [1.165, 1.54) is 12.8 Å². The van der Waals surface area contributed by atoms with Gasteiger partial charge in [0.25, 0.3) is 5.56 Å². The van der Waals surface area contributed by atoms with E-state index in [1.807, 2.05) is 6.07 Å². The van der Waals surface area contributed by atoms with Crippen LogP contribution in [0.4, 0.5) is 10.5 Å². The minimum absolute atomic E-state index is 0.131. The Morgan fingerprint density at radius 2 is 2.26 bits per heavy atom. The molecule has 1 fully saturated rings. The molecule has 2 heterocycles. The van der Waals surface area contributed by atoms with Gasteiger partial charge in [-0.3, -0.25) is 10.1 Å². The van der Waals surface area contributed by atoms with E-state index in [0.717, 1.165) is 12.1 Å². The van der Waals surface area contributed by atoms with Crippen molar-refractivity contribution in [1.29, 1.82) is 0 Å². The van der Waals surface area contributed by atoms with Gasteiger partial charge < -0.3 is 14.2 Å². The Kier molecular flexibility index (Phi) is 2.58. The van der Waals surface area contributed by atoms with Crippen LogP contribution in [-0.2, 0) is 13.6 Å². The molecule has 100 valence electrons. The SMILES string of the molecule is Cn1cc(NC(=O)O)c2c(=O)n(CC3CC3)ccc21. The van der Waals surface area contributed by atoms with E-state index in [2.05, 4.69) is 5.32 Å². The Hall–Kier alpha value is -2.24. The highest BCUT2D eigenvalue weighted by Gasteiger charge is 2.23. The van der Waals surface area contributed by atoms with Crippen molar-refractivity contribution in [1.82, 2.24) is 9.13 Å². The number of nitrogens with zero attached hydrogens (tertiary/aromatic N) is 2. The molecule has 2 aromatic heterocycles. The maximum absolute atomic E-state index is 12.4. The summed E-state index contributed by atoms with van der Waals surface area (Å²) in [5.74, 6) is 0.592. The van der Waals surface area contributed by atoms with Crippen LogP contribution < -0.4 is 10.9 Å². The Bertz CT molecular complexity index is 710. The highest BCUT2D eigenvalue weighted by molar-refractivity contribution is 5.98. The molecule has 6 nitrogen and oxygen atoms in total. The lowest BCUT2D eigenvalue weighted by molar-refractivity contribution is 0.210. The van der Waals surface area contributed by atoms with Crippen molar-refractivity contribution in [2.75, 3.05) is 5.32 Å². The van der Waals surface area contributed by atoms with Crippen molar-refractivity contribution in [2.24, 2.45) is 13.0 Å². The molecule has 2 N–H and O–H groups in total. The molecule has 1 amide bonds. The summed E-state index contributed by atoms with van der Waals surface area (Å²) in [6.07, 6.45) is 4.58. The zero-order valence-corrected chi connectivity index (χ0v) is 10.6. The molecule has 0 spiro atoms. The Labute approximate surface area is 109 Å². The molecule has 1 aliphatic rings. The molecule has 3 rings (SSSR count). The van der Waals surface area contributed by atoms with Crippen LogP contribution in [0, 0.1) is 5.92 Å². The minimum atomic E-state index is -1.16. The number of carbonyl (C=O) groups is 1. The zero-order valence-electron chi connectivity index (χ0n) is 10.6. The fourth-order valence-corrected chi connectivity index (χ4v) is 2.37. The number of aromatic nitrogens is 2. The molecule has 1 saturated carbocycles. The normalized spacial score (nSPS) is 14.8. The zero-order chi connectivity index (χ0) is 13.6. The molecule has 0 bridgehead atoms. The fraction of sp³-hybridized carbons (Fsp3) is 0.385. The number of hydrogen-bond donors (Lipinski definition) is 2. The summed E-state index contributed by atoms with van der Waals surface area (Å²) in [4.78, 5) is 23.2. The third-order valence-electron chi connectivity index (χ3n) is 3.51. The molecule has 6 heteroatoms. The quantitative estimate of drug-likeness (QED) is 0.885. The molecule has 2 aromatic rings. The topological polar surface area (TPSA) is 76.3 Å². The molecular weight excluding hydrogens is 246 g/mol. The highest BCUT2D eigenvalue weighted by Crippen LogP contribution is 2.30. The van der Waals surface area contributed by atoms with Gasteiger partial charge in [-0.25, -0.2) is 4.79 Å². The van der Waals surface area contributed by atoms with Crippen LogP contribution in [0.25, 0.3) is 10.9 Å². The first kappa shape index (κ1) is 11.8. The summed E-state index contributed by atoms with van der Waals surface area (Å²) in [7, 11) is 1.79. The van der Waals surface area contributed by atoms with Gasteiger partial charge in [0.15, 0.2) is 0 Å².